The summed E-state index contributed by atoms with van der Waals surface area (Å²) in [6.45, 7) is 7.85. The van der Waals surface area contributed by atoms with E-state index in [2.05, 4.69) is 0 Å². The monoisotopic (exact) mass is 424 g/mol. The van der Waals surface area contributed by atoms with Crippen LogP contribution in [0.15, 0.2) is 11.5 Å². The van der Waals surface area contributed by atoms with Crippen molar-refractivity contribution >= 4 is 13.8 Å². The molecule has 0 aromatic carbocycles. The first-order chi connectivity index (χ1) is 13.5. The first-order valence-electron chi connectivity index (χ1n) is 9.85. The summed E-state index contributed by atoms with van der Waals surface area (Å²) in [5, 5.41) is 9.82. The number of phosphoric ester groups is 1. The van der Waals surface area contributed by atoms with E-state index in [4.69, 9.17) is 27.8 Å². The molecule has 0 unspecified atom stereocenters. The fourth-order valence-corrected chi connectivity index (χ4v) is 3.76. The number of hydrogen-bond acceptors (Lipinski definition) is 9. The lowest BCUT2D eigenvalue weighted by atomic mass is 10.2. The highest BCUT2D eigenvalue weighted by molar-refractivity contribution is 7.48. The normalized spacial score (nSPS) is 18.3. The van der Waals surface area contributed by atoms with Gasteiger partial charge in [0.1, 0.15) is 6.10 Å². The highest BCUT2D eigenvalue weighted by Gasteiger charge is 2.46. The minimum Gasteiger partial charge on any atom is -0.490 e. The molecule has 0 radical (unpaired) electrons. The molecule has 0 saturated carbocycles. The average Bonchev–Trinajstić information content (AvgIpc) is 3.01. The maximum atomic E-state index is 12.9. The van der Waals surface area contributed by atoms with E-state index in [1.165, 1.54) is 0 Å². The van der Waals surface area contributed by atoms with Crippen LogP contribution in [-0.2, 0) is 37.1 Å². The summed E-state index contributed by atoms with van der Waals surface area (Å²) in [7, 11) is -3.96. The SMILES string of the molecule is CCCOC1=C(OCCC)[C@@H]([C@H](CO)OP(=O)(OCCC)OCCC)OC1=O. The van der Waals surface area contributed by atoms with Crippen LogP contribution in [0.2, 0.25) is 0 Å². The van der Waals surface area contributed by atoms with Gasteiger partial charge in [-0.1, -0.05) is 27.7 Å². The quantitative estimate of drug-likeness (QED) is 0.295. The average molecular weight is 424 g/mol. The van der Waals surface area contributed by atoms with Crippen molar-refractivity contribution in [3.8, 4) is 0 Å². The predicted octanol–water partition coefficient (Wildman–Crippen LogP) is 3.32. The molecule has 0 aromatic rings. The van der Waals surface area contributed by atoms with Crippen LogP contribution in [0.4, 0.5) is 0 Å². The van der Waals surface area contributed by atoms with Gasteiger partial charge in [0, 0.05) is 0 Å². The molecule has 1 rings (SSSR count). The summed E-state index contributed by atoms with van der Waals surface area (Å²) in [4.78, 5) is 12.2. The number of aliphatic hydroxyl groups is 1. The lowest BCUT2D eigenvalue weighted by Gasteiger charge is -2.26. The van der Waals surface area contributed by atoms with E-state index in [9.17, 15) is 14.5 Å². The number of phosphoric acid groups is 1. The largest absolute Gasteiger partial charge is 0.490 e. The molecule has 1 aliphatic heterocycles. The zero-order valence-electron chi connectivity index (χ0n) is 17.2. The van der Waals surface area contributed by atoms with Gasteiger partial charge in [-0.3, -0.25) is 13.6 Å². The van der Waals surface area contributed by atoms with Gasteiger partial charge in [-0.05, 0) is 25.7 Å². The third kappa shape index (κ3) is 7.37. The maximum Gasteiger partial charge on any atom is 0.475 e. The number of aliphatic hydroxyl groups excluding tert-OH is 1. The van der Waals surface area contributed by atoms with Crippen LogP contribution in [0.5, 0.6) is 0 Å². The van der Waals surface area contributed by atoms with Crippen molar-refractivity contribution < 1.29 is 42.2 Å². The van der Waals surface area contributed by atoms with Gasteiger partial charge < -0.3 is 19.3 Å². The number of hydrogen-bond donors (Lipinski definition) is 1. The van der Waals surface area contributed by atoms with Crippen LogP contribution in [0.3, 0.4) is 0 Å². The third-order valence-electron chi connectivity index (χ3n) is 3.50. The van der Waals surface area contributed by atoms with Gasteiger partial charge in [-0.15, -0.1) is 0 Å². The molecule has 1 aliphatic rings. The smallest absolute Gasteiger partial charge is 0.475 e. The lowest BCUT2D eigenvalue weighted by Crippen LogP contribution is -2.35. The summed E-state index contributed by atoms with van der Waals surface area (Å²) in [5.74, 6) is -0.650. The molecule has 0 amide bonds. The van der Waals surface area contributed by atoms with E-state index in [-0.39, 0.29) is 24.7 Å². The first-order valence-corrected chi connectivity index (χ1v) is 11.3. The number of rotatable bonds is 16. The van der Waals surface area contributed by atoms with Crippen molar-refractivity contribution in [1.82, 2.24) is 0 Å². The second-order valence-electron chi connectivity index (χ2n) is 6.16. The Balaban J connectivity index is 3.06. The molecule has 0 aromatic heterocycles. The van der Waals surface area contributed by atoms with E-state index < -0.39 is 32.6 Å². The lowest BCUT2D eigenvalue weighted by molar-refractivity contribution is -0.148. The molecule has 10 heteroatoms. The van der Waals surface area contributed by atoms with Gasteiger partial charge in [0.25, 0.3) is 0 Å². The van der Waals surface area contributed by atoms with Crippen LogP contribution in [0.1, 0.15) is 53.4 Å². The van der Waals surface area contributed by atoms with Gasteiger partial charge in [-0.2, -0.15) is 0 Å². The zero-order chi connectivity index (χ0) is 21.0. The molecule has 0 aliphatic carbocycles. The molecular weight excluding hydrogens is 391 g/mol. The van der Waals surface area contributed by atoms with Crippen molar-refractivity contribution in [2.24, 2.45) is 0 Å². The van der Waals surface area contributed by atoms with E-state index >= 15 is 0 Å². The third-order valence-corrected chi connectivity index (χ3v) is 5.03. The summed E-state index contributed by atoms with van der Waals surface area (Å²) >= 11 is 0. The molecule has 164 valence electrons. The standard InChI is InChI=1S/C18H33O9P/c1-5-9-22-16-15(26-18(20)17(16)23-10-6-2)14(13-19)27-28(21,24-11-7-3)25-12-8-4/h14-15,19H,5-13H2,1-4H3/t14-,15+/m0/s1. The number of carbonyl (C=O) groups is 1. The minimum absolute atomic E-state index is 0.0545. The Hall–Kier alpha value is -1.12. The molecule has 0 bridgehead atoms. The highest BCUT2D eigenvalue weighted by atomic mass is 31.2. The van der Waals surface area contributed by atoms with Crippen LogP contribution in [0.25, 0.3) is 0 Å². The summed E-state index contributed by atoms with van der Waals surface area (Å²) in [6, 6.07) is 0. The van der Waals surface area contributed by atoms with E-state index in [1.54, 1.807) is 0 Å². The number of cyclic esters (lactones) is 1. The van der Waals surface area contributed by atoms with Crippen molar-refractivity contribution in [2.75, 3.05) is 33.0 Å². The molecule has 9 nitrogen and oxygen atoms in total. The van der Waals surface area contributed by atoms with Crippen molar-refractivity contribution in [3.05, 3.63) is 11.5 Å². The number of ether oxygens (including phenoxy) is 3. The van der Waals surface area contributed by atoms with Crippen LogP contribution in [0, 0.1) is 0 Å². The number of esters is 1. The first kappa shape index (κ1) is 24.9. The van der Waals surface area contributed by atoms with Crippen molar-refractivity contribution in [2.45, 2.75) is 65.6 Å². The van der Waals surface area contributed by atoms with Gasteiger partial charge in [0.2, 0.25) is 5.76 Å². The second kappa shape index (κ2) is 13.2. The van der Waals surface area contributed by atoms with Gasteiger partial charge in [0.05, 0.1) is 33.0 Å². The summed E-state index contributed by atoms with van der Waals surface area (Å²) in [5.41, 5.74) is 0. The Bertz CT molecular complexity index is 537. The molecule has 0 spiro atoms. The zero-order valence-corrected chi connectivity index (χ0v) is 18.1. The van der Waals surface area contributed by atoms with Gasteiger partial charge >= 0.3 is 13.8 Å². The Labute approximate surface area is 166 Å². The summed E-state index contributed by atoms with van der Waals surface area (Å²) < 4.78 is 45.4. The fraction of sp³-hybridized carbons (Fsp3) is 0.833. The topological polar surface area (TPSA) is 110 Å². The number of carbonyl (C=O) groups excluding carboxylic acids is 1. The second-order valence-corrected chi connectivity index (χ2v) is 7.78. The Morgan fingerprint density at radius 1 is 0.964 bits per heavy atom. The molecule has 2 atom stereocenters. The molecule has 0 saturated heterocycles. The van der Waals surface area contributed by atoms with Crippen molar-refractivity contribution in [1.29, 1.82) is 0 Å². The molecule has 28 heavy (non-hydrogen) atoms. The molecule has 1 heterocycles. The maximum absolute atomic E-state index is 12.9. The minimum atomic E-state index is -3.96. The Kier molecular flexibility index (Phi) is 11.7. The van der Waals surface area contributed by atoms with E-state index in [0.29, 0.717) is 38.9 Å². The summed E-state index contributed by atoms with van der Waals surface area (Å²) in [6.07, 6.45) is 0.273. The van der Waals surface area contributed by atoms with Crippen LogP contribution >= 0.6 is 7.82 Å². The molecule has 0 fully saturated rings. The highest BCUT2D eigenvalue weighted by Crippen LogP contribution is 2.52. The molecular formula is C18H33O9P. The Morgan fingerprint density at radius 2 is 1.50 bits per heavy atom. The Morgan fingerprint density at radius 3 is 2.00 bits per heavy atom. The van der Waals surface area contributed by atoms with Crippen LogP contribution in [-0.4, -0.2) is 56.3 Å². The van der Waals surface area contributed by atoms with Gasteiger partial charge in [0.15, 0.2) is 11.9 Å². The van der Waals surface area contributed by atoms with Crippen molar-refractivity contribution in [3.63, 3.8) is 0 Å². The fourth-order valence-electron chi connectivity index (χ4n) is 2.25. The van der Waals surface area contributed by atoms with E-state index in [0.717, 1.165) is 0 Å². The molecule has 1 N–H and O–H groups in total. The van der Waals surface area contributed by atoms with Gasteiger partial charge in [-0.25, -0.2) is 9.36 Å². The van der Waals surface area contributed by atoms with E-state index in [1.807, 2.05) is 27.7 Å². The predicted molar refractivity (Wildman–Crippen MR) is 101 cm³/mol. The van der Waals surface area contributed by atoms with Crippen LogP contribution < -0.4 is 0 Å².